The van der Waals surface area contributed by atoms with Crippen molar-refractivity contribution in [3.63, 3.8) is 0 Å². The molecule has 11 heavy (non-hydrogen) atoms. The van der Waals surface area contributed by atoms with Crippen LogP contribution >= 0.6 is 0 Å². The monoisotopic (exact) mass is 156 g/mol. The van der Waals surface area contributed by atoms with Crippen LogP contribution in [-0.2, 0) is 9.53 Å². The zero-order chi connectivity index (χ0) is 8.27. The van der Waals surface area contributed by atoms with Crippen LogP contribution in [0.15, 0.2) is 12.2 Å². The quantitative estimate of drug-likeness (QED) is 0.611. The number of carboxylic acid groups (broad SMARTS) is 1. The van der Waals surface area contributed by atoms with Gasteiger partial charge in [-0.1, -0.05) is 6.58 Å². The molecule has 1 N–H and O–H groups in total. The first-order chi connectivity index (χ1) is 5.22. The lowest BCUT2D eigenvalue weighted by molar-refractivity contribution is -0.134. The number of rotatable bonds is 2. The van der Waals surface area contributed by atoms with Crippen molar-refractivity contribution in [2.75, 3.05) is 6.61 Å². The van der Waals surface area contributed by atoms with E-state index in [1.54, 1.807) is 0 Å². The molecule has 0 aromatic carbocycles. The van der Waals surface area contributed by atoms with Gasteiger partial charge >= 0.3 is 5.97 Å². The Morgan fingerprint density at radius 2 is 2.27 bits per heavy atom. The molecular weight excluding hydrogens is 144 g/mol. The van der Waals surface area contributed by atoms with Crippen molar-refractivity contribution in [2.24, 2.45) is 0 Å². The van der Waals surface area contributed by atoms with Crippen LogP contribution in [0.1, 0.15) is 19.3 Å². The number of carboxylic acids is 1. The molecule has 0 aromatic heterocycles. The Hall–Kier alpha value is -0.830. The summed E-state index contributed by atoms with van der Waals surface area (Å²) in [5.41, 5.74) is 0.185. The van der Waals surface area contributed by atoms with Crippen molar-refractivity contribution in [2.45, 2.75) is 25.4 Å². The Kier molecular flexibility index (Phi) is 2.65. The maximum atomic E-state index is 10.4. The SMILES string of the molecule is C=C(C(=O)O)C1CCCCO1. The molecule has 62 valence electrons. The fourth-order valence-corrected chi connectivity index (χ4v) is 1.15. The molecule has 0 aromatic rings. The molecule has 0 saturated carbocycles. The van der Waals surface area contributed by atoms with E-state index in [0.717, 1.165) is 19.3 Å². The van der Waals surface area contributed by atoms with E-state index in [2.05, 4.69) is 6.58 Å². The predicted octanol–water partition coefficient (Wildman–Crippen LogP) is 1.20. The van der Waals surface area contributed by atoms with Crippen LogP contribution < -0.4 is 0 Å². The molecule has 1 saturated heterocycles. The van der Waals surface area contributed by atoms with E-state index in [0.29, 0.717) is 6.61 Å². The van der Waals surface area contributed by atoms with Crippen molar-refractivity contribution < 1.29 is 14.6 Å². The first kappa shape index (κ1) is 8.27. The Morgan fingerprint density at radius 3 is 2.73 bits per heavy atom. The van der Waals surface area contributed by atoms with Gasteiger partial charge in [-0.2, -0.15) is 0 Å². The summed E-state index contributed by atoms with van der Waals surface area (Å²) in [6.45, 7) is 4.12. The van der Waals surface area contributed by atoms with Crippen molar-refractivity contribution in [1.29, 1.82) is 0 Å². The van der Waals surface area contributed by atoms with Gasteiger partial charge in [-0.15, -0.1) is 0 Å². The minimum absolute atomic E-state index is 0.185. The molecule has 0 bridgehead atoms. The van der Waals surface area contributed by atoms with Gasteiger partial charge in [-0.3, -0.25) is 0 Å². The lowest BCUT2D eigenvalue weighted by atomic mass is 10.0. The zero-order valence-electron chi connectivity index (χ0n) is 6.38. The Morgan fingerprint density at radius 1 is 1.55 bits per heavy atom. The van der Waals surface area contributed by atoms with Crippen LogP contribution in [0.2, 0.25) is 0 Å². The van der Waals surface area contributed by atoms with E-state index in [-0.39, 0.29) is 11.7 Å². The second kappa shape index (κ2) is 3.53. The van der Waals surface area contributed by atoms with Gasteiger partial charge in [0.15, 0.2) is 0 Å². The molecule has 1 aliphatic heterocycles. The van der Waals surface area contributed by atoms with Crippen LogP contribution in [0, 0.1) is 0 Å². The molecule has 1 fully saturated rings. The Bertz CT molecular complexity index is 168. The van der Waals surface area contributed by atoms with E-state index >= 15 is 0 Å². The van der Waals surface area contributed by atoms with Crippen LogP contribution in [0.5, 0.6) is 0 Å². The third-order valence-electron chi connectivity index (χ3n) is 1.84. The standard InChI is InChI=1S/C8H12O3/c1-6(8(9)10)7-4-2-3-5-11-7/h7H,1-5H2,(H,9,10). The molecule has 1 aliphatic rings. The van der Waals surface area contributed by atoms with E-state index in [1.165, 1.54) is 0 Å². The normalized spacial score (nSPS) is 24.5. The molecule has 0 radical (unpaired) electrons. The maximum absolute atomic E-state index is 10.4. The van der Waals surface area contributed by atoms with Gasteiger partial charge in [0.1, 0.15) is 0 Å². The minimum atomic E-state index is -0.947. The van der Waals surface area contributed by atoms with Crippen molar-refractivity contribution in [3.05, 3.63) is 12.2 Å². The smallest absolute Gasteiger partial charge is 0.333 e. The largest absolute Gasteiger partial charge is 0.478 e. The van der Waals surface area contributed by atoms with Crippen molar-refractivity contribution in [3.8, 4) is 0 Å². The number of carbonyl (C=O) groups is 1. The summed E-state index contributed by atoms with van der Waals surface area (Å²) in [5.74, 6) is -0.947. The van der Waals surface area contributed by atoms with E-state index < -0.39 is 5.97 Å². The van der Waals surface area contributed by atoms with Crippen molar-refractivity contribution >= 4 is 5.97 Å². The zero-order valence-corrected chi connectivity index (χ0v) is 6.38. The van der Waals surface area contributed by atoms with Gasteiger partial charge < -0.3 is 9.84 Å². The van der Waals surface area contributed by atoms with Crippen molar-refractivity contribution in [1.82, 2.24) is 0 Å². The summed E-state index contributed by atoms with van der Waals surface area (Å²) in [5, 5.41) is 8.55. The van der Waals surface area contributed by atoms with E-state index in [1.807, 2.05) is 0 Å². The highest BCUT2D eigenvalue weighted by Crippen LogP contribution is 2.18. The molecule has 1 heterocycles. The molecule has 3 nitrogen and oxygen atoms in total. The summed E-state index contributed by atoms with van der Waals surface area (Å²) < 4.78 is 5.22. The number of hydrogen-bond acceptors (Lipinski definition) is 2. The number of aliphatic carboxylic acids is 1. The maximum Gasteiger partial charge on any atom is 0.333 e. The molecule has 3 heteroatoms. The lowest BCUT2D eigenvalue weighted by Crippen LogP contribution is -2.24. The Balaban J connectivity index is 2.45. The molecule has 1 rings (SSSR count). The summed E-state index contributed by atoms with van der Waals surface area (Å²) in [4.78, 5) is 10.4. The van der Waals surface area contributed by atoms with Gasteiger partial charge in [0, 0.05) is 6.61 Å². The van der Waals surface area contributed by atoms with E-state index in [4.69, 9.17) is 9.84 Å². The highest BCUT2D eigenvalue weighted by atomic mass is 16.5. The third-order valence-corrected chi connectivity index (χ3v) is 1.84. The molecule has 1 unspecified atom stereocenters. The average Bonchev–Trinajstić information content (AvgIpc) is 2.05. The van der Waals surface area contributed by atoms with Gasteiger partial charge in [0.25, 0.3) is 0 Å². The number of ether oxygens (including phenoxy) is 1. The topological polar surface area (TPSA) is 46.5 Å². The Labute approximate surface area is 65.7 Å². The van der Waals surface area contributed by atoms with Gasteiger partial charge in [-0.25, -0.2) is 4.79 Å². The minimum Gasteiger partial charge on any atom is -0.478 e. The highest BCUT2D eigenvalue weighted by Gasteiger charge is 2.21. The van der Waals surface area contributed by atoms with Crippen LogP contribution in [0.3, 0.4) is 0 Å². The van der Waals surface area contributed by atoms with Crippen LogP contribution in [-0.4, -0.2) is 23.8 Å². The highest BCUT2D eigenvalue weighted by molar-refractivity contribution is 5.86. The molecule has 0 spiro atoms. The summed E-state index contributed by atoms with van der Waals surface area (Å²) in [6.07, 6.45) is 2.62. The lowest BCUT2D eigenvalue weighted by Gasteiger charge is -2.22. The van der Waals surface area contributed by atoms with Crippen LogP contribution in [0.25, 0.3) is 0 Å². The predicted molar refractivity (Wildman–Crippen MR) is 40.4 cm³/mol. The molecular formula is C8H12O3. The first-order valence-electron chi connectivity index (χ1n) is 3.75. The molecule has 0 amide bonds. The van der Waals surface area contributed by atoms with Crippen LogP contribution in [0.4, 0.5) is 0 Å². The fraction of sp³-hybridized carbons (Fsp3) is 0.625. The average molecular weight is 156 g/mol. The van der Waals surface area contributed by atoms with E-state index in [9.17, 15) is 4.79 Å². The second-order valence-electron chi connectivity index (χ2n) is 2.69. The summed E-state index contributed by atoms with van der Waals surface area (Å²) in [7, 11) is 0. The first-order valence-corrected chi connectivity index (χ1v) is 3.75. The molecule has 0 aliphatic carbocycles. The second-order valence-corrected chi connectivity index (χ2v) is 2.69. The summed E-state index contributed by atoms with van der Waals surface area (Å²) in [6, 6.07) is 0. The number of hydrogen-bond donors (Lipinski definition) is 1. The summed E-state index contributed by atoms with van der Waals surface area (Å²) >= 11 is 0. The molecule has 1 atom stereocenters. The fourth-order valence-electron chi connectivity index (χ4n) is 1.15. The third kappa shape index (κ3) is 2.05. The van der Waals surface area contributed by atoms with Gasteiger partial charge in [-0.05, 0) is 19.3 Å². The van der Waals surface area contributed by atoms with Gasteiger partial charge in [0.05, 0.1) is 11.7 Å². The van der Waals surface area contributed by atoms with Gasteiger partial charge in [0.2, 0.25) is 0 Å².